The maximum atomic E-state index is 12.5. The third-order valence-corrected chi connectivity index (χ3v) is 3.51. The van der Waals surface area contributed by atoms with Gasteiger partial charge in [-0.2, -0.15) is 0 Å². The molecule has 1 amide bonds. The van der Waals surface area contributed by atoms with Crippen molar-refractivity contribution < 1.29 is 4.79 Å². The van der Waals surface area contributed by atoms with Gasteiger partial charge in [0.15, 0.2) is 0 Å². The molecule has 2 aromatic rings. The largest absolute Gasteiger partial charge is 0.397 e. The quantitative estimate of drug-likeness (QED) is 0.860. The molecule has 0 heterocycles. The highest BCUT2D eigenvalue weighted by atomic mass is 79.9. The molecule has 3 nitrogen and oxygen atoms in total. The highest BCUT2D eigenvalue weighted by molar-refractivity contribution is 9.10. The number of aryl methyl sites for hydroxylation is 1. The number of nitrogens with zero attached hydrogens (tertiary/aromatic N) is 1. The lowest BCUT2D eigenvalue weighted by atomic mass is 10.1. The Balaban J connectivity index is 2.37. The summed E-state index contributed by atoms with van der Waals surface area (Å²) in [7, 11) is 1.73. The lowest BCUT2D eigenvalue weighted by Gasteiger charge is -2.20. The van der Waals surface area contributed by atoms with Crippen LogP contribution in [-0.4, -0.2) is 13.0 Å². The SMILES string of the molecule is Cc1cc(Br)ccc1C(=O)N(C)c1ccccc1N. The van der Waals surface area contributed by atoms with Crippen LogP contribution in [0, 0.1) is 6.92 Å². The van der Waals surface area contributed by atoms with Crippen LogP contribution < -0.4 is 10.6 Å². The number of carbonyl (C=O) groups is 1. The number of para-hydroxylation sites is 2. The van der Waals surface area contributed by atoms with Gasteiger partial charge in [0, 0.05) is 17.1 Å². The summed E-state index contributed by atoms with van der Waals surface area (Å²) in [5.74, 6) is -0.0668. The molecule has 19 heavy (non-hydrogen) atoms. The number of halogens is 1. The van der Waals surface area contributed by atoms with Gasteiger partial charge in [-0.1, -0.05) is 28.1 Å². The molecule has 0 saturated carbocycles. The molecule has 0 radical (unpaired) electrons. The van der Waals surface area contributed by atoms with Crippen molar-refractivity contribution >= 4 is 33.2 Å². The van der Waals surface area contributed by atoms with E-state index in [9.17, 15) is 4.79 Å². The van der Waals surface area contributed by atoms with Crippen molar-refractivity contribution in [3.8, 4) is 0 Å². The minimum atomic E-state index is -0.0668. The monoisotopic (exact) mass is 318 g/mol. The summed E-state index contributed by atoms with van der Waals surface area (Å²) in [5, 5.41) is 0. The molecular weight excluding hydrogens is 304 g/mol. The Morgan fingerprint density at radius 1 is 1.21 bits per heavy atom. The Kier molecular flexibility index (Phi) is 3.90. The summed E-state index contributed by atoms with van der Waals surface area (Å²) < 4.78 is 0.962. The molecule has 0 unspecified atom stereocenters. The third-order valence-electron chi connectivity index (χ3n) is 3.02. The molecule has 0 bridgehead atoms. The summed E-state index contributed by atoms with van der Waals surface area (Å²) in [5.41, 5.74) is 8.81. The lowest BCUT2D eigenvalue weighted by Crippen LogP contribution is -2.27. The minimum Gasteiger partial charge on any atom is -0.397 e. The second-order valence-electron chi connectivity index (χ2n) is 4.38. The topological polar surface area (TPSA) is 46.3 Å². The summed E-state index contributed by atoms with van der Waals surface area (Å²) >= 11 is 3.39. The molecule has 2 rings (SSSR count). The van der Waals surface area contributed by atoms with Gasteiger partial charge in [0.05, 0.1) is 11.4 Å². The smallest absolute Gasteiger partial charge is 0.258 e. The van der Waals surface area contributed by atoms with Gasteiger partial charge in [0.1, 0.15) is 0 Å². The molecule has 0 aromatic heterocycles. The fourth-order valence-corrected chi connectivity index (χ4v) is 2.43. The number of nitrogens with two attached hydrogens (primary N) is 1. The lowest BCUT2D eigenvalue weighted by molar-refractivity contribution is 0.0992. The van der Waals surface area contributed by atoms with Gasteiger partial charge in [-0.15, -0.1) is 0 Å². The molecule has 0 aliphatic rings. The first-order valence-corrected chi connectivity index (χ1v) is 6.68. The van der Waals surface area contributed by atoms with Crippen molar-refractivity contribution in [3.63, 3.8) is 0 Å². The van der Waals surface area contributed by atoms with Gasteiger partial charge in [-0.3, -0.25) is 4.79 Å². The average Bonchev–Trinajstić information content (AvgIpc) is 2.38. The fraction of sp³-hybridized carbons (Fsp3) is 0.133. The van der Waals surface area contributed by atoms with Crippen molar-refractivity contribution in [2.45, 2.75) is 6.92 Å². The Labute approximate surface area is 121 Å². The van der Waals surface area contributed by atoms with Crippen LogP contribution in [0.15, 0.2) is 46.9 Å². The highest BCUT2D eigenvalue weighted by Gasteiger charge is 2.17. The Morgan fingerprint density at radius 2 is 1.89 bits per heavy atom. The predicted octanol–water partition coefficient (Wildman–Crippen LogP) is 3.62. The third kappa shape index (κ3) is 2.79. The first-order valence-electron chi connectivity index (χ1n) is 5.89. The van der Waals surface area contributed by atoms with Crippen LogP contribution in [-0.2, 0) is 0 Å². The zero-order valence-electron chi connectivity index (χ0n) is 10.9. The zero-order chi connectivity index (χ0) is 14.0. The van der Waals surface area contributed by atoms with Crippen LogP contribution in [0.2, 0.25) is 0 Å². The Bertz CT molecular complexity index is 625. The second kappa shape index (κ2) is 5.45. The van der Waals surface area contributed by atoms with E-state index in [1.165, 1.54) is 0 Å². The molecule has 4 heteroatoms. The van der Waals surface area contributed by atoms with Crippen LogP contribution in [0.4, 0.5) is 11.4 Å². The van der Waals surface area contributed by atoms with E-state index in [1.807, 2.05) is 43.3 Å². The van der Waals surface area contributed by atoms with Gasteiger partial charge >= 0.3 is 0 Å². The zero-order valence-corrected chi connectivity index (χ0v) is 12.4. The van der Waals surface area contributed by atoms with E-state index in [4.69, 9.17) is 5.73 Å². The molecule has 2 aromatic carbocycles. The number of hydrogen-bond acceptors (Lipinski definition) is 2. The molecule has 0 saturated heterocycles. The van der Waals surface area contributed by atoms with E-state index in [2.05, 4.69) is 15.9 Å². The summed E-state index contributed by atoms with van der Waals surface area (Å²) in [4.78, 5) is 14.1. The maximum Gasteiger partial charge on any atom is 0.258 e. The van der Waals surface area contributed by atoms with Crippen molar-refractivity contribution in [2.75, 3.05) is 17.7 Å². The molecule has 0 atom stereocenters. The van der Waals surface area contributed by atoms with Crippen molar-refractivity contribution in [1.82, 2.24) is 0 Å². The molecule has 0 aliphatic heterocycles. The van der Waals surface area contributed by atoms with Gasteiger partial charge in [0.2, 0.25) is 0 Å². The van der Waals surface area contributed by atoms with E-state index >= 15 is 0 Å². The number of amides is 1. The van der Waals surface area contributed by atoms with Gasteiger partial charge in [-0.05, 0) is 42.8 Å². The van der Waals surface area contributed by atoms with E-state index < -0.39 is 0 Å². The van der Waals surface area contributed by atoms with Crippen molar-refractivity contribution in [3.05, 3.63) is 58.1 Å². The van der Waals surface area contributed by atoms with Crippen LogP contribution in [0.1, 0.15) is 15.9 Å². The van der Waals surface area contributed by atoms with E-state index in [0.29, 0.717) is 11.3 Å². The first-order chi connectivity index (χ1) is 9.00. The summed E-state index contributed by atoms with van der Waals surface area (Å²) in [6.45, 7) is 1.92. The first kappa shape index (κ1) is 13.6. The summed E-state index contributed by atoms with van der Waals surface area (Å²) in [6, 6.07) is 12.9. The number of rotatable bonds is 2. The number of carbonyl (C=O) groups excluding carboxylic acids is 1. The fourth-order valence-electron chi connectivity index (χ4n) is 1.95. The van der Waals surface area contributed by atoms with Crippen LogP contribution in [0.25, 0.3) is 0 Å². The van der Waals surface area contributed by atoms with Crippen LogP contribution in [0.5, 0.6) is 0 Å². The predicted molar refractivity (Wildman–Crippen MR) is 82.5 cm³/mol. The Hall–Kier alpha value is -1.81. The minimum absolute atomic E-state index is 0.0668. The highest BCUT2D eigenvalue weighted by Crippen LogP contribution is 2.24. The van der Waals surface area contributed by atoms with Crippen molar-refractivity contribution in [2.24, 2.45) is 0 Å². The van der Waals surface area contributed by atoms with E-state index in [1.54, 1.807) is 18.0 Å². The van der Waals surface area contributed by atoms with Crippen LogP contribution in [0.3, 0.4) is 0 Å². The van der Waals surface area contributed by atoms with Crippen LogP contribution >= 0.6 is 15.9 Å². The number of nitrogen functional groups attached to an aromatic ring is 1. The van der Waals surface area contributed by atoms with Gasteiger partial charge < -0.3 is 10.6 Å². The molecule has 0 spiro atoms. The molecule has 98 valence electrons. The number of hydrogen-bond donors (Lipinski definition) is 1. The van der Waals surface area contributed by atoms with Gasteiger partial charge in [0.25, 0.3) is 5.91 Å². The Morgan fingerprint density at radius 3 is 2.53 bits per heavy atom. The molecule has 0 fully saturated rings. The molecular formula is C15H15BrN2O. The normalized spacial score (nSPS) is 10.3. The van der Waals surface area contributed by atoms with E-state index in [-0.39, 0.29) is 5.91 Å². The maximum absolute atomic E-state index is 12.5. The standard InChI is InChI=1S/C15H15BrN2O/c1-10-9-11(16)7-8-12(10)15(19)18(2)14-6-4-3-5-13(14)17/h3-9H,17H2,1-2H3. The van der Waals surface area contributed by atoms with Crippen molar-refractivity contribution in [1.29, 1.82) is 0 Å². The molecule has 0 aliphatic carbocycles. The van der Waals surface area contributed by atoms with E-state index in [0.717, 1.165) is 15.7 Å². The second-order valence-corrected chi connectivity index (χ2v) is 5.30. The van der Waals surface area contributed by atoms with Gasteiger partial charge in [-0.25, -0.2) is 0 Å². The number of anilines is 2. The number of benzene rings is 2. The molecule has 2 N–H and O–H groups in total. The summed E-state index contributed by atoms with van der Waals surface area (Å²) in [6.07, 6.45) is 0. The average molecular weight is 319 g/mol.